The van der Waals surface area contributed by atoms with Crippen molar-refractivity contribution in [2.45, 2.75) is 13.3 Å². The third-order valence-corrected chi connectivity index (χ3v) is 3.13. The van der Waals surface area contributed by atoms with E-state index in [9.17, 15) is 9.59 Å². The number of carbonyl (C=O) groups excluding carboxylic acids is 2. The van der Waals surface area contributed by atoms with Gasteiger partial charge in [-0.25, -0.2) is 0 Å². The second kappa shape index (κ2) is 6.26. The Bertz CT molecular complexity index is 642. The van der Waals surface area contributed by atoms with Crippen LogP contribution in [0.4, 0.5) is 5.69 Å². The number of nitrogens with one attached hydrogen (secondary N) is 1. The molecule has 1 aromatic carbocycles. The molecule has 0 aliphatic heterocycles. The van der Waals surface area contributed by atoms with Gasteiger partial charge in [0, 0.05) is 25.3 Å². The zero-order valence-electron chi connectivity index (χ0n) is 12.3. The first-order chi connectivity index (χ1) is 9.97. The zero-order chi connectivity index (χ0) is 15.4. The Morgan fingerprint density at radius 2 is 1.81 bits per heavy atom. The van der Waals surface area contributed by atoms with Gasteiger partial charge in [-0.15, -0.1) is 0 Å². The van der Waals surface area contributed by atoms with Crippen molar-refractivity contribution in [1.82, 2.24) is 4.90 Å². The fourth-order valence-electron chi connectivity index (χ4n) is 1.83. The van der Waals surface area contributed by atoms with Crippen LogP contribution in [-0.4, -0.2) is 30.8 Å². The van der Waals surface area contributed by atoms with Crippen LogP contribution in [0.25, 0.3) is 0 Å². The van der Waals surface area contributed by atoms with E-state index in [0.717, 1.165) is 11.1 Å². The Kier molecular flexibility index (Phi) is 4.42. The Hall–Kier alpha value is -2.56. The number of nitrogens with zero attached hydrogens (tertiary/aromatic N) is 1. The lowest BCUT2D eigenvalue weighted by Gasteiger charge is -2.10. The molecule has 0 aliphatic rings. The van der Waals surface area contributed by atoms with Crippen molar-refractivity contribution < 1.29 is 14.0 Å². The van der Waals surface area contributed by atoms with Gasteiger partial charge in [0.15, 0.2) is 5.76 Å². The van der Waals surface area contributed by atoms with Gasteiger partial charge in [0.05, 0.1) is 12.7 Å². The molecule has 0 bridgehead atoms. The van der Waals surface area contributed by atoms with Crippen molar-refractivity contribution in [3.8, 4) is 0 Å². The van der Waals surface area contributed by atoms with E-state index in [0.29, 0.717) is 17.9 Å². The van der Waals surface area contributed by atoms with Crippen LogP contribution in [0.5, 0.6) is 0 Å². The highest BCUT2D eigenvalue weighted by molar-refractivity contribution is 6.03. The Morgan fingerprint density at radius 3 is 2.33 bits per heavy atom. The fraction of sp³-hybridized carbons (Fsp3) is 0.250. The molecule has 21 heavy (non-hydrogen) atoms. The van der Waals surface area contributed by atoms with E-state index >= 15 is 0 Å². The summed E-state index contributed by atoms with van der Waals surface area (Å²) in [7, 11) is 3.45. The number of carbonyl (C=O) groups is 2. The maximum absolute atomic E-state index is 12.0. The molecule has 2 aromatic rings. The van der Waals surface area contributed by atoms with Crippen LogP contribution in [0.2, 0.25) is 0 Å². The van der Waals surface area contributed by atoms with E-state index in [1.807, 2.05) is 19.1 Å². The molecule has 2 amide bonds. The summed E-state index contributed by atoms with van der Waals surface area (Å²) in [6.07, 6.45) is 1.83. The molecule has 0 aliphatic carbocycles. The van der Waals surface area contributed by atoms with Crippen LogP contribution < -0.4 is 5.32 Å². The standard InChI is InChI=1S/C16H18N2O3/c1-11-8-9-21-15(11)16(20)17-13-6-4-12(5-7-13)10-14(19)18(2)3/h4-9H,10H2,1-3H3,(H,17,20). The van der Waals surface area contributed by atoms with Crippen LogP contribution in [0, 0.1) is 6.92 Å². The highest BCUT2D eigenvalue weighted by Gasteiger charge is 2.12. The first kappa shape index (κ1) is 14.8. The third-order valence-electron chi connectivity index (χ3n) is 3.13. The summed E-state index contributed by atoms with van der Waals surface area (Å²) >= 11 is 0. The quantitative estimate of drug-likeness (QED) is 0.939. The van der Waals surface area contributed by atoms with Gasteiger partial charge >= 0.3 is 0 Å². The topological polar surface area (TPSA) is 62.6 Å². The van der Waals surface area contributed by atoms with E-state index in [2.05, 4.69) is 5.32 Å². The molecule has 110 valence electrons. The number of amides is 2. The van der Waals surface area contributed by atoms with Gasteiger partial charge in [-0.2, -0.15) is 0 Å². The predicted octanol–water partition coefficient (Wildman–Crippen LogP) is 2.47. The van der Waals surface area contributed by atoms with Crippen molar-refractivity contribution in [3.63, 3.8) is 0 Å². The summed E-state index contributed by atoms with van der Waals surface area (Å²) in [5.41, 5.74) is 2.36. The van der Waals surface area contributed by atoms with Gasteiger partial charge in [0.2, 0.25) is 5.91 Å². The molecule has 0 saturated carbocycles. The highest BCUT2D eigenvalue weighted by Crippen LogP contribution is 2.14. The molecule has 2 rings (SSSR count). The number of benzene rings is 1. The van der Waals surface area contributed by atoms with Crippen LogP contribution in [-0.2, 0) is 11.2 Å². The van der Waals surface area contributed by atoms with Crippen molar-refractivity contribution in [1.29, 1.82) is 0 Å². The molecular weight excluding hydrogens is 268 g/mol. The number of rotatable bonds is 4. The van der Waals surface area contributed by atoms with Crippen LogP contribution in [0.15, 0.2) is 41.0 Å². The van der Waals surface area contributed by atoms with Gasteiger partial charge in [0.25, 0.3) is 5.91 Å². The van der Waals surface area contributed by atoms with E-state index in [4.69, 9.17) is 4.42 Å². The number of hydrogen-bond acceptors (Lipinski definition) is 3. The third kappa shape index (κ3) is 3.72. The number of anilines is 1. The van der Waals surface area contributed by atoms with E-state index in [1.165, 1.54) is 6.26 Å². The first-order valence-electron chi connectivity index (χ1n) is 6.62. The van der Waals surface area contributed by atoms with Crippen molar-refractivity contribution >= 4 is 17.5 Å². The summed E-state index contributed by atoms with van der Waals surface area (Å²) in [6, 6.07) is 8.94. The maximum Gasteiger partial charge on any atom is 0.291 e. The van der Waals surface area contributed by atoms with Gasteiger partial charge in [0.1, 0.15) is 0 Å². The fourth-order valence-corrected chi connectivity index (χ4v) is 1.83. The monoisotopic (exact) mass is 286 g/mol. The summed E-state index contributed by atoms with van der Waals surface area (Å²) in [6.45, 7) is 1.81. The summed E-state index contributed by atoms with van der Waals surface area (Å²) in [5.74, 6) is 0.0643. The van der Waals surface area contributed by atoms with Gasteiger partial charge < -0.3 is 14.6 Å². The highest BCUT2D eigenvalue weighted by atomic mass is 16.3. The number of aryl methyl sites for hydroxylation is 1. The summed E-state index contributed by atoms with van der Waals surface area (Å²) in [5, 5.41) is 2.76. The van der Waals surface area contributed by atoms with E-state index in [-0.39, 0.29) is 11.8 Å². The van der Waals surface area contributed by atoms with Crippen LogP contribution in [0.1, 0.15) is 21.7 Å². The number of furan rings is 1. The second-order valence-corrected chi connectivity index (χ2v) is 5.05. The molecule has 0 saturated heterocycles. The van der Waals surface area contributed by atoms with E-state index in [1.54, 1.807) is 37.2 Å². The largest absolute Gasteiger partial charge is 0.459 e. The smallest absolute Gasteiger partial charge is 0.291 e. The summed E-state index contributed by atoms with van der Waals surface area (Å²) in [4.78, 5) is 25.1. The minimum atomic E-state index is -0.283. The van der Waals surface area contributed by atoms with Gasteiger partial charge in [-0.3, -0.25) is 9.59 Å². The Morgan fingerprint density at radius 1 is 1.14 bits per heavy atom. The molecule has 0 fully saturated rings. The zero-order valence-corrected chi connectivity index (χ0v) is 12.3. The summed E-state index contributed by atoms with van der Waals surface area (Å²) < 4.78 is 5.14. The molecule has 1 N–H and O–H groups in total. The average molecular weight is 286 g/mol. The second-order valence-electron chi connectivity index (χ2n) is 5.05. The predicted molar refractivity (Wildman–Crippen MR) is 80.2 cm³/mol. The molecule has 5 heteroatoms. The molecule has 1 aromatic heterocycles. The molecule has 0 spiro atoms. The van der Waals surface area contributed by atoms with Crippen LogP contribution in [0.3, 0.4) is 0 Å². The van der Waals surface area contributed by atoms with Crippen molar-refractivity contribution in [3.05, 3.63) is 53.5 Å². The van der Waals surface area contributed by atoms with Crippen molar-refractivity contribution in [2.24, 2.45) is 0 Å². The lowest BCUT2D eigenvalue weighted by Crippen LogP contribution is -2.23. The SMILES string of the molecule is Cc1ccoc1C(=O)Nc1ccc(CC(=O)N(C)C)cc1. The molecule has 0 radical (unpaired) electrons. The Labute approximate surface area is 123 Å². The van der Waals surface area contributed by atoms with E-state index < -0.39 is 0 Å². The normalized spacial score (nSPS) is 10.2. The average Bonchev–Trinajstić information content (AvgIpc) is 2.87. The first-order valence-corrected chi connectivity index (χ1v) is 6.62. The lowest BCUT2D eigenvalue weighted by atomic mass is 10.1. The minimum absolute atomic E-state index is 0.0398. The van der Waals surface area contributed by atoms with Crippen molar-refractivity contribution in [2.75, 3.05) is 19.4 Å². The molecule has 0 unspecified atom stereocenters. The minimum Gasteiger partial charge on any atom is -0.459 e. The number of hydrogen-bond donors (Lipinski definition) is 1. The lowest BCUT2D eigenvalue weighted by molar-refractivity contribution is -0.127. The van der Waals surface area contributed by atoms with Gasteiger partial charge in [-0.05, 0) is 30.7 Å². The molecule has 0 atom stereocenters. The molecular formula is C16H18N2O3. The molecule has 5 nitrogen and oxygen atoms in total. The maximum atomic E-state index is 12.0. The Balaban J connectivity index is 2.01. The number of likely N-dealkylation sites (N-methyl/N-ethyl adjacent to an activating group) is 1. The van der Waals surface area contributed by atoms with Gasteiger partial charge in [-0.1, -0.05) is 12.1 Å². The molecule has 1 heterocycles. The van der Waals surface area contributed by atoms with Crippen LogP contribution >= 0.6 is 0 Å².